The van der Waals surface area contributed by atoms with Gasteiger partial charge < -0.3 is 14.8 Å². The molecule has 0 spiro atoms. The van der Waals surface area contributed by atoms with Crippen molar-refractivity contribution in [3.05, 3.63) is 17.8 Å². The fraction of sp³-hybridized carbons (Fsp3) is 0.600. The predicted molar refractivity (Wildman–Crippen MR) is 54.5 cm³/mol. The number of aryl methyl sites for hydroxylation is 1. The van der Waals surface area contributed by atoms with Crippen molar-refractivity contribution in [2.24, 2.45) is 0 Å². The lowest BCUT2D eigenvalue weighted by molar-refractivity contribution is 0.0687. The van der Waals surface area contributed by atoms with Crippen LogP contribution < -0.4 is 5.32 Å². The number of nitrogens with zero attached hydrogens (tertiary/aromatic N) is 1. The van der Waals surface area contributed by atoms with E-state index in [2.05, 4.69) is 10.3 Å². The van der Waals surface area contributed by atoms with E-state index in [0.29, 0.717) is 5.69 Å². The summed E-state index contributed by atoms with van der Waals surface area (Å²) in [5.74, 6) is -0.181. The molecule has 0 saturated heterocycles. The van der Waals surface area contributed by atoms with Gasteiger partial charge in [0, 0.05) is 0 Å². The molecular formula is C10H16N2O3. The van der Waals surface area contributed by atoms with E-state index in [-0.39, 0.29) is 11.7 Å². The molecule has 5 heteroatoms. The van der Waals surface area contributed by atoms with E-state index in [0.717, 1.165) is 0 Å². The fourth-order valence-electron chi connectivity index (χ4n) is 0.974. The molecule has 0 bridgehead atoms. The molecule has 0 aliphatic carbocycles. The third-order valence-corrected chi connectivity index (χ3v) is 2.43. The van der Waals surface area contributed by atoms with E-state index in [4.69, 9.17) is 4.42 Å². The quantitative estimate of drug-likeness (QED) is 0.779. The zero-order chi connectivity index (χ0) is 11.6. The summed E-state index contributed by atoms with van der Waals surface area (Å²) in [7, 11) is 0. The normalized spacial score (nSPS) is 13.7. The van der Waals surface area contributed by atoms with Crippen LogP contribution in [0.15, 0.2) is 10.8 Å². The van der Waals surface area contributed by atoms with Crippen LogP contribution in [0.25, 0.3) is 0 Å². The van der Waals surface area contributed by atoms with Gasteiger partial charge in [-0.25, -0.2) is 4.98 Å². The van der Waals surface area contributed by atoms with Crippen LogP contribution >= 0.6 is 0 Å². The van der Waals surface area contributed by atoms with Gasteiger partial charge in [-0.05, 0) is 27.7 Å². The lowest BCUT2D eigenvalue weighted by Gasteiger charge is -2.28. The average Bonchev–Trinajstić information content (AvgIpc) is 2.50. The molecule has 5 nitrogen and oxygen atoms in total. The molecule has 84 valence electrons. The molecule has 0 saturated carbocycles. The molecule has 1 unspecified atom stereocenters. The van der Waals surface area contributed by atoms with Gasteiger partial charge in [-0.1, -0.05) is 0 Å². The van der Waals surface area contributed by atoms with Crippen molar-refractivity contribution in [2.45, 2.75) is 39.3 Å². The van der Waals surface area contributed by atoms with Crippen molar-refractivity contribution in [2.75, 3.05) is 0 Å². The smallest absolute Gasteiger partial charge is 0.289 e. The zero-order valence-corrected chi connectivity index (χ0v) is 9.37. The second-order valence-corrected chi connectivity index (χ2v) is 4.12. The second kappa shape index (κ2) is 4.02. The van der Waals surface area contributed by atoms with E-state index in [1.807, 2.05) is 0 Å². The second-order valence-electron chi connectivity index (χ2n) is 4.12. The number of aromatic nitrogens is 1. The summed E-state index contributed by atoms with van der Waals surface area (Å²) in [6, 6.07) is 0. The highest BCUT2D eigenvalue weighted by Gasteiger charge is 2.28. The number of carbonyl (C=O) groups excluding carboxylic acids is 1. The van der Waals surface area contributed by atoms with E-state index in [1.54, 1.807) is 27.7 Å². The van der Waals surface area contributed by atoms with Gasteiger partial charge in [-0.15, -0.1) is 0 Å². The molecule has 1 heterocycles. The highest BCUT2D eigenvalue weighted by Crippen LogP contribution is 2.11. The van der Waals surface area contributed by atoms with Crippen LogP contribution in [-0.4, -0.2) is 27.6 Å². The van der Waals surface area contributed by atoms with Crippen molar-refractivity contribution in [1.29, 1.82) is 0 Å². The minimum atomic E-state index is -0.698. The van der Waals surface area contributed by atoms with Crippen LogP contribution in [0.2, 0.25) is 0 Å². The van der Waals surface area contributed by atoms with Crippen LogP contribution in [0, 0.1) is 6.92 Å². The van der Waals surface area contributed by atoms with Gasteiger partial charge in [0.25, 0.3) is 5.91 Å². The topological polar surface area (TPSA) is 75.4 Å². The highest BCUT2D eigenvalue weighted by atomic mass is 16.3. The Hall–Kier alpha value is -1.36. The van der Waals surface area contributed by atoms with Crippen LogP contribution in [0.4, 0.5) is 0 Å². The molecule has 2 N–H and O–H groups in total. The Bertz CT molecular complexity index is 355. The highest BCUT2D eigenvalue weighted by molar-refractivity contribution is 5.92. The Kier molecular flexibility index (Phi) is 3.14. The fourth-order valence-corrected chi connectivity index (χ4v) is 0.974. The summed E-state index contributed by atoms with van der Waals surface area (Å²) in [6.45, 7) is 6.78. The third-order valence-electron chi connectivity index (χ3n) is 2.43. The van der Waals surface area contributed by atoms with Crippen molar-refractivity contribution in [3.63, 3.8) is 0 Å². The molecule has 1 aromatic rings. The van der Waals surface area contributed by atoms with Gasteiger partial charge in [0.05, 0.1) is 17.3 Å². The van der Waals surface area contributed by atoms with Gasteiger partial charge in [-0.2, -0.15) is 0 Å². The molecule has 1 atom stereocenters. The Labute approximate surface area is 88.5 Å². The third kappa shape index (κ3) is 2.56. The standard InChI is InChI=1S/C10H16N2O3/c1-6-8(15-5-11-6)9(14)12-10(3,4)7(2)13/h5,7,13H,1-4H3,(H,12,14). The number of amides is 1. The summed E-state index contributed by atoms with van der Waals surface area (Å²) in [4.78, 5) is 15.5. The summed E-state index contributed by atoms with van der Waals surface area (Å²) >= 11 is 0. The molecule has 1 amide bonds. The molecule has 0 aliphatic heterocycles. The molecular weight excluding hydrogens is 196 g/mol. The lowest BCUT2D eigenvalue weighted by Crippen LogP contribution is -2.51. The summed E-state index contributed by atoms with van der Waals surface area (Å²) in [5.41, 5.74) is -0.162. The molecule has 0 fully saturated rings. The first-order valence-corrected chi connectivity index (χ1v) is 4.75. The summed E-state index contributed by atoms with van der Waals surface area (Å²) in [5, 5.41) is 12.1. The van der Waals surface area contributed by atoms with Crippen molar-refractivity contribution in [3.8, 4) is 0 Å². The minimum Gasteiger partial charge on any atom is -0.438 e. The van der Waals surface area contributed by atoms with Crippen molar-refractivity contribution >= 4 is 5.91 Å². The number of aliphatic hydroxyl groups excluding tert-OH is 1. The van der Waals surface area contributed by atoms with Crippen LogP contribution in [0.5, 0.6) is 0 Å². The average molecular weight is 212 g/mol. The summed E-state index contributed by atoms with van der Waals surface area (Å²) in [6.07, 6.45) is 0.573. The van der Waals surface area contributed by atoms with Gasteiger partial charge in [0.2, 0.25) is 5.76 Å². The van der Waals surface area contributed by atoms with E-state index in [1.165, 1.54) is 6.39 Å². The number of nitrogens with one attached hydrogen (secondary N) is 1. The SMILES string of the molecule is Cc1ncoc1C(=O)NC(C)(C)C(C)O. The van der Waals surface area contributed by atoms with Crippen LogP contribution in [0.3, 0.4) is 0 Å². The van der Waals surface area contributed by atoms with Gasteiger partial charge in [0.15, 0.2) is 6.39 Å². The van der Waals surface area contributed by atoms with E-state index in [9.17, 15) is 9.90 Å². The molecule has 0 aliphatic rings. The molecule has 15 heavy (non-hydrogen) atoms. The van der Waals surface area contributed by atoms with Gasteiger partial charge >= 0.3 is 0 Å². The van der Waals surface area contributed by atoms with Crippen molar-refractivity contribution in [1.82, 2.24) is 10.3 Å². The molecule has 1 rings (SSSR count). The first-order valence-electron chi connectivity index (χ1n) is 4.75. The first-order chi connectivity index (χ1) is 6.84. The minimum absolute atomic E-state index is 0.184. The molecule has 0 aromatic carbocycles. The number of hydrogen-bond acceptors (Lipinski definition) is 4. The molecule has 0 radical (unpaired) electrons. The maximum Gasteiger partial charge on any atom is 0.289 e. The van der Waals surface area contributed by atoms with Gasteiger partial charge in [-0.3, -0.25) is 4.79 Å². The Morgan fingerprint density at radius 2 is 2.27 bits per heavy atom. The Morgan fingerprint density at radius 3 is 2.67 bits per heavy atom. The number of hydrogen-bond donors (Lipinski definition) is 2. The number of rotatable bonds is 3. The number of aliphatic hydroxyl groups is 1. The predicted octanol–water partition coefficient (Wildman–Crippen LogP) is 0.872. The van der Waals surface area contributed by atoms with Crippen molar-refractivity contribution < 1.29 is 14.3 Å². The number of carbonyl (C=O) groups is 1. The summed E-state index contributed by atoms with van der Waals surface area (Å²) < 4.78 is 4.95. The molecule has 1 aromatic heterocycles. The number of oxazole rings is 1. The Morgan fingerprint density at radius 1 is 1.67 bits per heavy atom. The van der Waals surface area contributed by atoms with Crippen LogP contribution in [0.1, 0.15) is 37.0 Å². The maximum absolute atomic E-state index is 11.7. The monoisotopic (exact) mass is 212 g/mol. The van der Waals surface area contributed by atoms with Gasteiger partial charge in [0.1, 0.15) is 0 Å². The first kappa shape index (κ1) is 11.7. The maximum atomic E-state index is 11.7. The Balaban J connectivity index is 2.77. The van der Waals surface area contributed by atoms with Crippen LogP contribution in [-0.2, 0) is 0 Å². The largest absolute Gasteiger partial charge is 0.438 e. The van der Waals surface area contributed by atoms with E-state index < -0.39 is 11.6 Å². The zero-order valence-electron chi connectivity index (χ0n) is 9.37. The lowest BCUT2D eigenvalue weighted by atomic mass is 9.98. The van der Waals surface area contributed by atoms with E-state index >= 15 is 0 Å².